The van der Waals surface area contributed by atoms with Crippen molar-refractivity contribution in [3.63, 3.8) is 0 Å². The van der Waals surface area contributed by atoms with Gasteiger partial charge in [-0.2, -0.15) is 4.98 Å². The molecule has 0 N–H and O–H groups in total. The molecule has 6 heteroatoms. The molecule has 6 nitrogen and oxygen atoms in total. The molecule has 0 radical (unpaired) electrons. The van der Waals surface area contributed by atoms with Gasteiger partial charge in [-0.25, -0.2) is 4.90 Å². The molecule has 3 heterocycles. The minimum Gasteiger partial charge on any atom is -0.423 e. The van der Waals surface area contributed by atoms with E-state index in [4.69, 9.17) is 4.42 Å². The Kier molecular flexibility index (Phi) is 2.94. The number of nitrogens with zero attached hydrogens (tertiary/aromatic N) is 3. The number of imide groups is 1. The molecule has 0 spiro atoms. The fourth-order valence-electron chi connectivity index (χ4n) is 3.73. The first-order valence-electron chi connectivity index (χ1n) is 8.26. The van der Waals surface area contributed by atoms with Crippen LogP contribution in [0.3, 0.4) is 0 Å². The second kappa shape index (κ2) is 5.17. The van der Waals surface area contributed by atoms with Crippen molar-refractivity contribution in [2.45, 2.75) is 0 Å². The summed E-state index contributed by atoms with van der Waals surface area (Å²) in [7, 11) is 0. The Hall–Kier alpha value is -3.15. The van der Waals surface area contributed by atoms with Gasteiger partial charge in [-0.3, -0.25) is 9.59 Å². The quantitative estimate of drug-likeness (QED) is 0.674. The molecule has 25 heavy (non-hydrogen) atoms. The molecule has 1 aromatic heterocycles. The van der Waals surface area contributed by atoms with Gasteiger partial charge in [0.1, 0.15) is 5.52 Å². The summed E-state index contributed by atoms with van der Waals surface area (Å²) in [5.74, 6) is -0.968. The third-order valence-electron chi connectivity index (χ3n) is 4.96. The highest BCUT2D eigenvalue weighted by atomic mass is 16.4. The maximum absolute atomic E-state index is 12.8. The Morgan fingerprint density at radius 1 is 0.880 bits per heavy atom. The third kappa shape index (κ3) is 2.07. The first-order chi connectivity index (χ1) is 12.2. The van der Waals surface area contributed by atoms with Crippen molar-refractivity contribution in [3.05, 3.63) is 54.6 Å². The topological polar surface area (TPSA) is 66.7 Å². The van der Waals surface area contributed by atoms with Crippen LogP contribution in [-0.4, -0.2) is 29.9 Å². The van der Waals surface area contributed by atoms with Gasteiger partial charge in [-0.05, 0) is 24.3 Å². The molecule has 2 unspecified atom stereocenters. The maximum Gasteiger partial charge on any atom is 0.298 e. The Labute approximate surface area is 143 Å². The van der Waals surface area contributed by atoms with Crippen molar-refractivity contribution in [3.8, 4) is 0 Å². The summed E-state index contributed by atoms with van der Waals surface area (Å²) >= 11 is 0. The summed E-state index contributed by atoms with van der Waals surface area (Å²) in [5.41, 5.74) is 2.12. The summed E-state index contributed by atoms with van der Waals surface area (Å²) in [6.45, 7) is 0.900. The monoisotopic (exact) mass is 333 g/mol. The second-order valence-corrected chi connectivity index (χ2v) is 6.43. The van der Waals surface area contributed by atoms with Crippen molar-refractivity contribution in [2.24, 2.45) is 11.8 Å². The lowest BCUT2D eigenvalue weighted by Crippen LogP contribution is -2.36. The Morgan fingerprint density at radius 3 is 2.20 bits per heavy atom. The molecule has 2 atom stereocenters. The van der Waals surface area contributed by atoms with Crippen LogP contribution >= 0.6 is 0 Å². The number of para-hydroxylation sites is 3. The van der Waals surface area contributed by atoms with Gasteiger partial charge in [-0.1, -0.05) is 30.3 Å². The number of hydrogen-bond donors (Lipinski definition) is 0. The van der Waals surface area contributed by atoms with E-state index in [0.717, 1.165) is 5.52 Å². The molecule has 3 aromatic rings. The smallest absolute Gasteiger partial charge is 0.298 e. The second-order valence-electron chi connectivity index (χ2n) is 6.43. The van der Waals surface area contributed by atoms with Gasteiger partial charge in [-0.15, -0.1) is 0 Å². The van der Waals surface area contributed by atoms with Crippen LogP contribution in [0.2, 0.25) is 0 Å². The number of anilines is 2. The van der Waals surface area contributed by atoms with Crippen molar-refractivity contribution in [1.29, 1.82) is 0 Å². The number of carbonyl (C=O) groups is 2. The zero-order valence-corrected chi connectivity index (χ0v) is 13.3. The van der Waals surface area contributed by atoms with Crippen LogP contribution in [-0.2, 0) is 9.59 Å². The number of fused-ring (bicyclic) bond motifs is 2. The molecule has 2 amide bonds. The Bertz CT molecular complexity index is 925. The third-order valence-corrected chi connectivity index (χ3v) is 4.96. The molecule has 5 rings (SSSR count). The van der Waals surface area contributed by atoms with Gasteiger partial charge in [0.15, 0.2) is 5.58 Å². The Morgan fingerprint density at radius 2 is 1.52 bits per heavy atom. The van der Waals surface area contributed by atoms with E-state index in [9.17, 15) is 9.59 Å². The molecular formula is C19H15N3O3. The molecule has 2 saturated heterocycles. The average molecular weight is 333 g/mol. The van der Waals surface area contributed by atoms with Crippen LogP contribution in [0.1, 0.15) is 0 Å². The molecule has 124 valence electrons. The fraction of sp³-hybridized carbons (Fsp3) is 0.211. The van der Waals surface area contributed by atoms with Crippen molar-refractivity contribution in [1.82, 2.24) is 4.98 Å². The van der Waals surface area contributed by atoms with Crippen LogP contribution in [0.4, 0.5) is 11.7 Å². The van der Waals surface area contributed by atoms with Crippen LogP contribution in [0.15, 0.2) is 59.0 Å². The minimum atomic E-state index is -0.345. The molecule has 2 aliphatic heterocycles. The number of carbonyl (C=O) groups excluding carboxylic acids is 2. The number of oxazole rings is 1. The molecule has 2 aromatic carbocycles. The minimum absolute atomic E-state index is 0.139. The van der Waals surface area contributed by atoms with Crippen LogP contribution in [0.25, 0.3) is 11.1 Å². The predicted molar refractivity (Wildman–Crippen MR) is 92.1 cm³/mol. The first-order valence-corrected chi connectivity index (χ1v) is 8.26. The first kappa shape index (κ1) is 14.2. The van der Waals surface area contributed by atoms with Gasteiger partial charge < -0.3 is 9.32 Å². The molecule has 2 aliphatic rings. The molecule has 0 aliphatic carbocycles. The van der Waals surface area contributed by atoms with E-state index >= 15 is 0 Å². The van der Waals surface area contributed by atoms with Crippen LogP contribution < -0.4 is 9.80 Å². The lowest BCUT2D eigenvalue weighted by Gasteiger charge is -2.19. The molecular weight excluding hydrogens is 318 g/mol. The van der Waals surface area contributed by atoms with E-state index in [1.165, 1.54) is 4.90 Å². The van der Waals surface area contributed by atoms with Gasteiger partial charge in [0.2, 0.25) is 11.8 Å². The summed E-state index contributed by atoms with van der Waals surface area (Å²) in [6, 6.07) is 17.1. The van der Waals surface area contributed by atoms with Gasteiger partial charge >= 0.3 is 0 Å². The zero-order valence-electron chi connectivity index (χ0n) is 13.3. The van der Waals surface area contributed by atoms with Crippen molar-refractivity contribution in [2.75, 3.05) is 22.9 Å². The van der Waals surface area contributed by atoms with Gasteiger partial charge in [0.25, 0.3) is 6.01 Å². The van der Waals surface area contributed by atoms with E-state index < -0.39 is 0 Å². The number of aromatic nitrogens is 1. The predicted octanol–water partition coefficient (Wildman–Crippen LogP) is 2.45. The lowest BCUT2D eigenvalue weighted by molar-refractivity contribution is -0.122. The summed E-state index contributed by atoms with van der Waals surface area (Å²) in [6.07, 6.45) is 0. The molecule has 0 bridgehead atoms. The highest BCUT2D eigenvalue weighted by Gasteiger charge is 2.53. The van der Waals surface area contributed by atoms with E-state index in [-0.39, 0.29) is 23.7 Å². The largest absolute Gasteiger partial charge is 0.423 e. The molecule has 2 fully saturated rings. The standard InChI is InChI=1S/C19H15N3O3/c23-17-13-10-21(19-20-15-8-4-5-9-16(15)25-19)11-14(13)18(24)22(17)12-6-2-1-3-7-12/h1-9,13-14H,10-11H2. The van der Waals surface area contributed by atoms with Crippen LogP contribution in [0, 0.1) is 11.8 Å². The number of rotatable bonds is 2. The van der Waals surface area contributed by atoms with E-state index in [1.807, 2.05) is 47.4 Å². The molecule has 0 saturated carbocycles. The van der Waals surface area contributed by atoms with E-state index in [1.54, 1.807) is 12.1 Å². The zero-order chi connectivity index (χ0) is 17.0. The number of hydrogen-bond acceptors (Lipinski definition) is 5. The normalized spacial score (nSPS) is 22.9. The Balaban J connectivity index is 1.43. The van der Waals surface area contributed by atoms with Crippen molar-refractivity contribution >= 4 is 34.6 Å². The fourth-order valence-corrected chi connectivity index (χ4v) is 3.73. The van der Waals surface area contributed by atoms with E-state index in [0.29, 0.717) is 30.4 Å². The summed E-state index contributed by atoms with van der Waals surface area (Å²) in [5, 5.41) is 0. The summed E-state index contributed by atoms with van der Waals surface area (Å²) < 4.78 is 5.78. The van der Waals surface area contributed by atoms with E-state index in [2.05, 4.69) is 4.98 Å². The highest BCUT2D eigenvalue weighted by Crippen LogP contribution is 2.38. The van der Waals surface area contributed by atoms with Crippen LogP contribution in [0.5, 0.6) is 0 Å². The summed E-state index contributed by atoms with van der Waals surface area (Å²) in [4.78, 5) is 33.2. The van der Waals surface area contributed by atoms with Gasteiger partial charge in [0, 0.05) is 13.1 Å². The number of amides is 2. The SMILES string of the molecule is O=C1C2CN(c3nc4ccccc4o3)CC2C(=O)N1c1ccccc1. The van der Waals surface area contributed by atoms with Gasteiger partial charge in [0.05, 0.1) is 17.5 Å². The average Bonchev–Trinajstić information content (AvgIpc) is 3.31. The number of benzene rings is 2. The maximum atomic E-state index is 12.8. The van der Waals surface area contributed by atoms with Crippen molar-refractivity contribution < 1.29 is 14.0 Å². The highest BCUT2D eigenvalue weighted by molar-refractivity contribution is 6.22. The lowest BCUT2D eigenvalue weighted by atomic mass is 10.00.